The van der Waals surface area contributed by atoms with Gasteiger partial charge in [-0.25, -0.2) is 0 Å². The molecule has 0 aliphatic rings. The van der Waals surface area contributed by atoms with Crippen molar-refractivity contribution in [1.82, 2.24) is 0 Å². The van der Waals surface area contributed by atoms with Crippen LogP contribution in [-0.4, -0.2) is 0 Å². The Balaban J connectivity index is 2.29. The maximum Gasteiger partial charge on any atom is 0.417 e. The maximum atomic E-state index is 12.5. The Bertz CT molecular complexity index is 597. The molecule has 0 spiro atoms. The third-order valence-corrected chi connectivity index (χ3v) is 2.94. The van der Waals surface area contributed by atoms with E-state index in [1.54, 1.807) is 24.3 Å². The van der Waals surface area contributed by atoms with Crippen molar-refractivity contribution in [2.24, 2.45) is 0 Å². The van der Waals surface area contributed by atoms with Gasteiger partial charge in [-0.2, -0.15) is 13.2 Å². The number of rotatable bonds is 2. The lowest BCUT2D eigenvalue weighted by molar-refractivity contribution is -0.137. The summed E-state index contributed by atoms with van der Waals surface area (Å²) in [6.07, 6.45) is -4.49. The topological polar surface area (TPSA) is 9.23 Å². The van der Waals surface area contributed by atoms with E-state index in [-0.39, 0.29) is 5.75 Å². The number of para-hydroxylation sites is 1. The summed E-state index contributed by atoms with van der Waals surface area (Å²) in [7, 11) is 0. The van der Waals surface area contributed by atoms with Crippen molar-refractivity contribution in [2.75, 3.05) is 0 Å². The van der Waals surface area contributed by atoms with Crippen molar-refractivity contribution in [3.05, 3.63) is 58.1 Å². The third kappa shape index (κ3) is 3.33. The summed E-state index contributed by atoms with van der Waals surface area (Å²) in [4.78, 5) is 0. The molecule has 1 nitrogen and oxygen atoms in total. The molecule has 19 heavy (non-hydrogen) atoms. The van der Waals surface area contributed by atoms with Gasteiger partial charge in [0.25, 0.3) is 0 Å². The van der Waals surface area contributed by atoms with Crippen molar-refractivity contribution in [3.63, 3.8) is 0 Å². The van der Waals surface area contributed by atoms with Gasteiger partial charge in [-0.05, 0) is 24.3 Å². The van der Waals surface area contributed by atoms with Crippen LogP contribution in [0.1, 0.15) is 5.56 Å². The molecule has 0 aliphatic carbocycles. The van der Waals surface area contributed by atoms with Gasteiger partial charge in [-0.1, -0.05) is 35.3 Å². The number of hydrogen-bond acceptors (Lipinski definition) is 1. The molecule has 100 valence electrons. The average Bonchev–Trinajstić information content (AvgIpc) is 2.30. The Hall–Kier alpha value is -1.39. The van der Waals surface area contributed by atoms with Gasteiger partial charge < -0.3 is 4.74 Å². The van der Waals surface area contributed by atoms with Gasteiger partial charge in [0, 0.05) is 6.07 Å². The van der Waals surface area contributed by atoms with Crippen LogP contribution in [0, 0.1) is 0 Å². The summed E-state index contributed by atoms with van der Waals surface area (Å²) in [5.41, 5.74) is -0.902. The van der Waals surface area contributed by atoms with Crippen molar-refractivity contribution >= 4 is 23.2 Å². The van der Waals surface area contributed by atoms with Crippen molar-refractivity contribution in [3.8, 4) is 11.5 Å². The Morgan fingerprint density at radius 1 is 0.895 bits per heavy atom. The highest BCUT2D eigenvalue weighted by Gasteiger charge is 2.33. The fraction of sp³-hybridized carbons (Fsp3) is 0.0769. The number of ether oxygens (including phenoxy) is 1. The van der Waals surface area contributed by atoms with E-state index in [0.29, 0.717) is 10.8 Å². The van der Waals surface area contributed by atoms with E-state index < -0.39 is 16.8 Å². The van der Waals surface area contributed by atoms with E-state index in [1.807, 2.05) is 0 Å². The van der Waals surface area contributed by atoms with Crippen molar-refractivity contribution < 1.29 is 17.9 Å². The van der Waals surface area contributed by atoms with Crippen LogP contribution in [0.2, 0.25) is 10.0 Å². The summed E-state index contributed by atoms with van der Waals surface area (Å²) in [6, 6.07) is 9.80. The predicted octanol–water partition coefficient (Wildman–Crippen LogP) is 5.80. The van der Waals surface area contributed by atoms with E-state index in [0.717, 1.165) is 12.1 Å². The predicted molar refractivity (Wildman–Crippen MR) is 68.0 cm³/mol. The number of alkyl halides is 3. The number of hydrogen-bond donors (Lipinski definition) is 0. The molecule has 0 aromatic heterocycles. The van der Waals surface area contributed by atoms with Gasteiger partial charge in [-0.3, -0.25) is 0 Å². The van der Waals surface area contributed by atoms with E-state index in [4.69, 9.17) is 27.9 Å². The molecule has 0 heterocycles. The second-order valence-electron chi connectivity index (χ2n) is 3.67. The minimum absolute atomic E-state index is 0.186. The van der Waals surface area contributed by atoms with Gasteiger partial charge in [0.15, 0.2) is 0 Å². The first-order chi connectivity index (χ1) is 8.88. The Morgan fingerprint density at radius 2 is 1.58 bits per heavy atom. The third-order valence-electron chi connectivity index (χ3n) is 2.31. The molecule has 0 bridgehead atoms. The van der Waals surface area contributed by atoms with Gasteiger partial charge in [0.05, 0.1) is 15.6 Å². The highest BCUT2D eigenvalue weighted by Crippen LogP contribution is 2.37. The summed E-state index contributed by atoms with van der Waals surface area (Å²) in [5.74, 6) is 0.533. The van der Waals surface area contributed by atoms with Crippen molar-refractivity contribution in [2.45, 2.75) is 6.18 Å². The zero-order chi connectivity index (χ0) is 14.0. The SMILES string of the molecule is FC(F)(F)c1ccc(Oc2ccccc2Cl)cc1Cl. The van der Waals surface area contributed by atoms with Crippen LogP contribution in [0.5, 0.6) is 11.5 Å². The van der Waals surface area contributed by atoms with Crippen LogP contribution in [0.4, 0.5) is 13.2 Å². The monoisotopic (exact) mass is 306 g/mol. The van der Waals surface area contributed by atoms with Gasteiger partial charge in [-0.15, -0.1) is 0 Å². The maximum absolute atomic E-state index is 12.5. The summed E-state index contributed by atoms with van der Waals surface area (Å²) >= 11 is 11.5. The minimum atomic E-state index is -4.49. The molecule has 0 aliphatic heterocycles. The molecule has 0 saturated carbocycles. The van der Waals surface area contributed by atoms with Gasteiger partial charge in [0.1, 0.15) is 11.5 Å². The van der Waals surface area contributed by atoms with E-state index in [2.05, 4.69) is 0 Å². The van der Waals surface area contributed by atoms with Crippen molar-refractivity contribution in [1.29, 1.82) is 0 Å². The first kappa shape index (κ1) is 14.0. The molecule has 0 fully saturated rings. The number of halogens is 5. The van der Waals surface area contributed by atoms with E-state index in [1.165, 1.54) is 6.07 Å². The average molecular weight is 307 g/mol. The molecule has 0 amide bonds. The molecule has 0 unspecified atom stereocenters. The fourth-order valence-electron chi connectivity index (χ4n) is 1.44. The molecule has 2 aromatic rings. The Kier molecular flexibility index (Phi) is 3.92. The van der Waals surface area contributed by atoms with Gasteiger partial charge >= 0.3 is 6.18 Å². The van der Waals surface area contributed by atoms with Crippen LogP contribution < -0.4 is 4.74 Å². The first-order valence-electron chi connectivity index (χ1n) is 5.17. The highest BCUT2D eigenvalue weighted by molar-refractivity contribution is 6.32. The highest BCUT2D eigenvalue weighted by atomic mass is 35.5. The van der Waals surface area contributed by atoms with Crippen LogP contribution >= 0.6 is 23.2 Å². The summed E-state index contributed by atoms with van der Waals surface area (Å²) in [5, 5.41) is -0.0597. The molecule has 2 aromatic carbocycles. The lowest BCUT2D eigenvalue weighted by atomic mass is 10.2. The zero-order valence-corrected chi connectivity index (χ0v) is 10.9. The fourth-order valence-corrected chi connectivity index (χ4v) is 1.90. The lowest BCUT2D eigenvalue weighted by Crippen LogP contribution is -2.05. The molecule has 6 heteroatoms. The second kappa shape index (κ2) is 5.31. The standard InChI is InChI=1S/C13H7Cl2F3O/c14-10-3-1-2-4-12(10)19-8-5-6-9(11(15)7-8)13(16,17)18/h1-7H. The molecule has 0 atom stereocenters. The van der Waals surface area contributed by atoms with Gasteiger partial charge in [0.2, 0.25) is 0 Å². The molecule has 0 radical (unpaired) electrons. The zero-order valence-electron chi connectivity index (χ0n) is 9.34. The van der Waals surface area contributed by atoms with Crippen LogP contribution in [-0.2, 0) is 6.18 Å². The summed E-state index contributed by atoms with van der Waals surface area (Å²) in [6.45, 7) is 0. The first-order valence-corrected chi connectivity index (χ1v) is 5.92. The molecular weight excluding hydrogens is 300 g/mol. The number of benzene rings is 2. The smallest absolute Gasteiger partial charge is 0.417 e. The quantitative estimate of drug-likeness (QED) is 0.681. The molecule has 2 rings (SSSR count). The van der Waals surface area contributed by atoms with Crippen LogP contribution in [0.3, 0.4) is 0 Å². The normalized spacial score (nSPS) is 11.4. The Morgan fingerprint density at radius 3 is 2.16 bits per heavy atom. The Labute approximate surface area is 117 Å². The minimum Gasteiger partial charge on any atom is -0.456 e. The largest absolute Gasteiger partial charge is 0.456 e. The molecular formula is C13H7Cl2F3O. The molecule has 0 saturated heterocycles. The van der Waals surface area contributed by atoms with Crippen LogP contribution in [0.15, 0.2) is 42.5 Å². The van der Waals surface area contributed by atoms with E-state index in [9.17, 15) is 13.2 Å². The molecule has 0 N–H and O–H groups in total. The van der Waals surface area contributed by atoms with E-state index >= 15 is 0 Å². The summed E-state index contributed by atoms with van der Waals surface area (Å²) < 4.78 is 42.9. The second-order valence-corrected chi connectivity index (χ2v) is 4.49. The van der Waals surface area contributed by atoms with Crippen LogP contribution in [0.25, 0.3) is 0 Å². The lowest BCUT2D eigenvalue weighted by Gasteiger charge is -2.11.